The lowest BCUT2D eigenvalue weighted by Gasteiger charge is -1.76. The van der Waals surface area contributed by atoms with Crippen LogP contribution in [0.2, 0.25) is 0 Å². The molecule has 8 heavy (non-hydrogen) atoms. The minimum absolute atomic E-state index is 0.706. The van der Waals surface area contributed by atoms with Crippen molar-refractivity contribution in [3.05, 3.63) is 12.2 Å². The lowest BCUT2D eigenvalue weighted by Crippen LogP contribution is -1.86. The van der Waals surface area contributed by atoms with E-state index in [0.29, 0.717) is 12.1 Å². The molecule has 2 heteroatoms. The van der Waals surface area contributed by atoms with Crippen LogP contribution in [0, 0.1) is 0 Å². The molecule has 2 heterocycles. The number of rotatable bonds is 2. The zero-order valence-corrected chi connectivity index (χ0v) is 4.72. The van der Waals surface area contributed by atoms with E-state index in [2.05, 4.69) is 22.8 Å². The fourth-order valence-corrected chi connectivity index (χ4v) is 0.676. The summed E-state index contributed by atoms with van der Waals surface area (Å²) in [5.74, 6) is 0. The Balaban J connectivity index is 1.76. The summed E-state index contributed by atoms with van der Waals surface area (Å²) in [5, 5.41) is 6.41. The molecule has 2 atom stereocenters. The van der Waals surface area contributed by atoms with Crippen molar-refractivity contribution in [2.24, 2.45) is 0 Å². The second-order valence-electron chi connectivity index (χ2n) is 2.41. The third-order valence-electron chi connectivity index (χ3n) is 1.46. The molecule has 2 rings (SSSR count). The van der Waals surface area contributed by atoms with Crippen LogP contribution < -0.4 is 10.6 Å². The van der Waals surface area contributed by atoms with Crippen molar-refractivity contribution in [3.63, 3.8) is 0 Å². The van der Waals surface area contributed by atoms with Gasteiger partial charge in [0.2, 0.25) is 0 Å². The summed E-state index contributed by atoms with van der Waals surface area (Å²) in [7, 11) is 0. The lowest BCUT2D eigenvalue weighted by molar-refractivity contribution is 1.15. The first kappa shape index (κ1) is 4.53. The predicted octanol–water partition coefficient (Wildman–Crippen LogP) is -0.514. The van der Waals surface area contributed by atoms with Gasteiger partial charge in [-0.1, -0.05) is 12.2 Å². The summed E-state index contributed by atoms with van der Waals surface area (Å²) >= 11 is 0. The molecule has 2 saturated heterocycles. The minimum Gasteiger partial charge on any atom is -0.307 e. The molecule has 0 aliphatic carbocycles. The average Bonchev–Trinajstić information content (AvgIpc) is 2.60. The topological polar surface area (TPSA) is 43.9 Å². The lowest BCUT2D eigenvalue weighted by atomic mass is 10.3. The average molecular weight is 110 g/mol. The van der Waals surface area contributed by atoms with E-state index in [1.165, 1.54) is 13.1 Å². The van der Waals surface area contributed by atoms with Gasteiger partial charge in [0, 0.05) is 25.2 Å². The Morgan fingerprint density at radius 1 is 1.00 bits per heavy atom. The van der Waals surface area contributed by atoms with Gasteiger partial charge in [0.1, 0.15) is 0 Å². The summed E-state index contributed by atoms with van der Waals surface area (Å²) in [5.41, 5.74) is 0. The smallest absolute Gasteiger partial charge is 0.0377 e. The molecule has 44 valence electrons. The van der Waals surface area contributed by atoms with Gasteiger partial charge in [0.15, 0.2) is 0 Å². The summed E-state index contributed by atoms with van der Waals surface area (Å²) in [6.07, 6.45) is 4.48. The number of hydrogen-bond acceptors (Lipinski definition) is 2. The molecule has 2 aliphatic rings. The Bertz CT molecular complexity index is 97.7. The fraction of sp³-hybridized carbons (Fsp3) is 0.667. The zero-order valence-electron chi connectivity index (χ0n) is 4.72. The van der Waals surface area contributed by atoms with E-state index < -0.39 is 0 Å². The largest absolute Gasteiger partial charge is 0.307 e. The van der Waals surface area contributed by atoms with E-state index in [-0.39, 0.29) is 0 Å². The van der Waals surface area contributed by atoms with Crippen LogP contribution in [0.25, 0.3) is 0 Å². The highest BCUT2D eigenvalue weighted by Crippen LogP contribution is 2.03. The molecule has 0 unspecified atom stereocenters. The van der Waals surface area contributed by atoms with Crippen molar-refractivity contribution >= 4 is 0 Å². The van der Waals surface area contributed by atoms with Gasteiger partial charge < -0.3 is 10.6 Å². The monoisotopic (exact) mass is 110 g/mol. The van der Waals surface area contributed by atoms with Gasteiger partial charge in [0.05, 0.1) is 0 Å². The van der Waals surface area contributed by atoms with Gasteiger partial charge in [0.25, 0.3) is 0 Å². The van der Waals surface area contributed by atoms with Crippen molar-refractivity contribution in [3.8, 4) is 0 Å². The van der Waals surface area contributed by atoms with Crippen LogP contribution in [0.3, 0.4) is 0 Å². The van der Waals surface area contributed by atoms with Gasteiger partial charge in [-0.25, -0.2) is 0 Å². The summed E-state index contributed by atoms with van der Waals surface area (Å²) in [6.45, 7) is 2.37. The molecule has 0 amide bonds. The first-order valence-corrected chi connectivity index (χ1v) is 3.10. The molecule has 0 radical (unpaired) electrons. The Kier molecular flexibility index (Phi) is 0.889. The molecule has 0 aromatic rings. The van der Waals surface area contributed by atoms with Crippen LogP contribution in [-0.4, -0.2) is 25.2 Å². The second kappa shape index (κ2) is 1.57. The first-order valence-electron chi connectivity index (χ1n) is 3.10. The van der Waals surface area contributed by atoms with Crippen LogP contribution in [0.15, 0.2) is 12.2 Å². The molecule has 0 aromatic carbocycles. The normalized spacial score (nSPS) is 43.0. The van der Waals surface area contributed by atoms with Crippen molar-refractivity contribution < 1.29 is 0 Å². The van der Waals surface area contributed by atoms with Gasteiger partial charge in [-0.3, -0.25) is 0 Å². The van der Waals surface area contributed by atoms with Gasteiger partial charge in [-0.05, 0) is 0 Å². The summed E-state index contributed by atoms with van der Waals surface area (Å²) < 4.78 is 0. The Labute approximate surface area is 49.0 Å². The molecule has 2 fully saturated rings. The van der Waals surface area contributed by atoms with Crippen molar-refractivity contribution in [1.29, 1.82) is 0 Å². The van der Waals surface area contributed by atoms with E-state index in [1.54, 1.807) is 0 Å². The SMILES string of the molecule is C(=C\[C@@H]1CN1)/[C@@H]1CN1. The molecule has 0 bridgehead atoms. The zero-order chi connectivity index (χ0) is 5.40. The second-order valence-corrected chi connectivity index (χ2v) is 2.41. The van der Waals surface area contributed by atoms with Crippen LogP contribution in [0.5, 0.6) is 0 Å². The molecule has 2 N–H and O–H groups in total. The van der Waals surface area contributed by atoms with Crippen LogP contribution >= 0.6 is 0 Å². The fourth-order valence-electron chi connectivity index (χ4n) is 0.676. The standard InChI is InChI=1S/C6H10N2/c1(5-3-7-5)2-6-4-8-6/h1-2,5-8H,3-4H2/b2-1+/t5-,6-/m1/s1. The highest BCUT2D eigenvalue weighted by molar-refractivity contribution is 5.11. The maximum absolute atomic E-state index is 3.20. The van der Waals surface area contributed by atoms with E-state index in [9.17, 15) is 0 Å². The number of nitrogens with one attached hydrogen (secondary N) is 2. The summed E-state index contributed by atoms with van der Waals surface area (Å²) in [4.78, 5) is 0. The van der Waals surface area contributed by atoms with Crippen molar-refractivity contribution in [2.45, 2.75) is 12.1 Å². The molecular weight excluding hydrogens is 100 g/mol. The number of hydrogen-bond donors (Lipinski definition) is 2. The molecule has 0 saturated carbocycles. The quantitative estimate of drug-likeness (QED) is 0.371. The van der Waals surface area contributed by atoms with Gasteiger partial charge in [-0.15, -0.1) is 0 Å². The Hall–Kier alpha value is -0.340. The van der Waals surface area contributed by atoms with Crippen LogP contribution in [0.4, 0.5) is 0 Å². The molecular formula is C6H10N2. The van der Waals surface area contributed by atoms with E-state index in [0.717, 1.165) is 0 Å². The third-order valence-corrected chi connectivity index (χ3v) is 1.46. The Morgan fingerprint density at radius 2 is 1.38 bits per heavy atom. The molecule has 2 aliphatic heterocycles. The van der Waals surface area contributed by atoms with Crippen molar-refractivity contribution in [1.82, 2.24) is 10.6 Å². The van der Waals surface area contributed by atoms with E-state index in [1.807, 2.05) is 0 Å². The van der Waals surface area contributed by atoms with Gasteiger partial charge >= 0.3 is 0 Å². The predicted molar refractivity (Wildman–Crippen MR) is 32.7 cm³/mol. The van der Waals surface area contributed by atoms with Crippen molar-refractivity contribution in [2.75, 3.05) is 13.1 Å². The highest BCUT2D eigenvalue weighted by atomic mass is 15.1. The third kappa shape index (κ3) is 1.08. The minimum atomic E-state index is 0.706. The first-order chi connectivity index (χ1) is 3.95. The summed E-state index contributed by atoms with van der Waals surface area (Å²) in [6, 6.07) is 1.41. The molecule has 0 spiro atoms. The molecule has 2 nitrogen and oxygen atoms in total. The van der Waals surface area contributed by atoms with Crippen LogP contribution in [0.1, 0.15) is 0 Å². The Morgan fingerprint density at radius 3 is 1.62 bits per heavy atom. The van der Waals surface area contributed by atoms with E-state index >= 15 is 0 Å². The van der Waals surface area contributed by atoms with Gasteiger partial charge in [-0.2, -0.15) is 0 Å². The molecule has 0 aromatic heterocycles. The highest BCUT2D eigenvalue weighted by Gasteiger charge is 2.19. The van der Waals surface area contributed by atoms with E-state index in [4.69, 9.17) is 0 Å². The maximum atomic E-state index is 3.20. The van der Waals surface area contributed by atoms with Crippen LogP contribution in [-0.2, 0) is 0 Å². The maximum Gasteiger partial charge on any atom is 0.0377 e.